The molecular weight excluding hydrogens is 286 g/mol. The standard InChI is InChI=1S/C12H15NO6S/c1-13(8-11(14)18-2)20(16,17)10-7-5-4-6-9(10)12(15)19-3/h4-7H,8H2,1-3H3. The minimum atomic E-state index is -4.00. The predicted molar refractivity (Wildman–Crippen MR) is 69.6 cm³/mol. The summed E-state index contributed by atoms with van der Waals surface area (Å²) < 4.78 is 34.4. The van der Waals surface area contributed by atoms with Crippen molar-refractivity contribution in [1.29, 1.82) is 0 Å². The molecule has 0 bridgehead atoms. The molecule has 0 atom stereocenters. The van der Waals surface area contributed by atoms with Gasteiger partial charge in [-0.2, -0.15) is 4.31 Å². The zero-order valence-corrected chi connectivity index (χ0v) is 12.1. The van der Waals surface area contributed by atoms with E-state index in [0.717, 1.165) is 18.5 Å². The van der Waals surface area contributed by atoms with Gasteiger partial charge in [0.15, 0.2) is 0 Å². The molecule has 0 fully saturated rings. The van der Waals surface area contributed by atoms with Crippen LogP contribution in [0.4, 0.5) is 0 Å². The second-order valence-electron chi connectivity index (χ2n) is 3.82. The second-order valence-corrected chi connectivity index (χ2v) is 5.84. The second kappa shape index (κ2) is 6.49. The van der Waals surface area contributed by atoms with Crippen molar-refractivity contribution < 1.29 is 27.5 Å². The highest BCUT2D eigenvalue weighted by atomic mass is 32.2. The first-order valence-electron chi connectivity index (χ1n) is 5.55. The normalized spacial score (nSPS) is 11.2. The number of likely N-dealkylation sites (N-methyl/N-ethyl adjacent to an activating group) is 1. The lowest BCUT2D eigenvalue weighted by molar-refractivity contribution is -0.140. The topological polar surface area (TPSA) is 90.0 Å². The fourth-order valence-electron chi connectivity index (χ4n) is 1.47. The Labute approximate surface area is 117 Å². The predicted octanol–water partition coefficient (Wildman–Crippen LogP) is 0.267. The van der Waals surface area contributed by atoms with Gasteiger partial charge in [-0.3, -0.25) is 4.79 Å². The summed E-state index contributed by atoms with van der Waals surface area (Å²) in [6, 6.07) is 5.61. The van der Waals surface area contributed by atoms with Crippen molar-refractivity contribution in [1.82, 2.24) is 4.31 Å². The van der Waals surface area contributed by atoms with E-state index in [0.29, 0.717) is 0 Å². The summed E-state index contributed by atoms with van der Waals surface area (Å²) in [4.78, 5) is 22.5. The molecule has 0 saturated carbocycles. The number of carbonyl (C=O) groups is 2. The van der Waals surface area contributed by atoms with Crippen molar-refractivity contribution in [3.8, 4) is 0 Å². The van der Waals surface area contributed by atoms with Crippen LogP contribution in [0.2, 0.25) is 0 Å². The summed E-state index contributed by atoms with van der Waals surface area (Å²) in [6.45, 7) is -0.450. The highest BCUT2D eigenvalue weighted by Crippen LogP contribution is 2.19. The van der Waals surface area contributed by atoms with Crippen LogP contribution < -0.4 is 0 Å². The number of carbonyl (C=O) groups excluding carboxylic acids is 2. The Morgan fingerprint density at radius 2 is 1.75 bits per heavy atom. The molecule has 1 aromatic carbocycles. The molecule has 0 heterocycles. The van der Waals surface area contributed by atoms with E-state index >= 15 is 0 Å². The van der Waals surface area contributed by atoms with E-state index in [1.54, 1.807) is 0 Å². The smallest absolute Gasteiger partial charge is 0.339 e. The number of ether oxygens (including phenoxy) is 2. The molecule has 8 heteroatoms. The fourth-order valence-corrected chi connectivity index (χ4v) is 2.76. The molecule has 1 rings (SSSR count). The van der Waals surface area contributed by atoms with Gasteiger partial charge in [-0.15, -0.1) is 0 Å². The van der Waals surface area contributed by atoms with Crippen molar-refractivity contribution in [2.75, 3.05) is 27.8 Å². The average molecular weight is 301 g/mol. The zero-order valence-electron chi connectivity index (χ0n) is 11.3. The van der Waals surface area contributed by atoms with Crippen molar-refractivity contribution in [2.24, 2.45) is 0 Å². The van der Waals surface area contributed by atoms with Crippen LogP contribution in [0.1, 0.15) is 10.4 Å². The number of esters is 2. The Kier molecular flexibility index (Phi) is 5.23. The summed E-state index contributed by atoms with van der Waals surface area (Å²) in [5.41, 5.74) is -0.0910. The molecule has 0 aromatic heterocycles. The summed E-state index contributed by atoms with van der Waals surface area (Å²) in [5, 5.41) is 0. The third-order valence-electron chi connectivity index (χ3n) is 2.56. The number of hydrogen-bond acceptors (Lipinski definition) is 6. The van der Waals surface area contributed by atoms with E-state index in [2.05, 4.69) is 9.47 Å². The van der Waals surface area contributed by atoms with Crippen molar-refractivity contribution in [2.45, 2.75) is 4.90 Å². The minimum absolute atomic E-state index is 0.0910. The molecule has 20 heavy (non-hydrogen) atoms. The molecule has 0 amide bonds. The van der Waals surface area contributed by atoms with Gasteiger partial charge in [0.25, 0.3) is 0 Å². The molecule has 110 valence electrons. The van der Waals surface area contributed by atoms with Crippen LogP contribution in [-0.2, 0) is 24.3 Å². The van der Waals surface area contributed by atoms with E-state index in [4.69, 9.17) is 0 Å². The van der Waals surface area contributed by atoms with Crippen LogP contribution >= 0.6 is 0 Å². The average Bonchev–Trinajstić information content (AvgIpc) is 2.46. The van der Waals surface area contributed by atoms with Gasteiger partial charge in [-0.05, 0) is 12.1 Å². The van der Waals surface area contributed by atoms with Crippen LogP contribution in [0.15, 0.2) is 29.2 Å². The minimum Gasteiger partial charge on any atom is -0.468 e. The molecule has 0 aliphatic carbocycles. The lowest BCUT2D eigenvalue weighted by atomic mass is 10.2. The van der Waals surface area contributed by atoms with Gasteiger partial charge in [-0.25, -0.2) is 13.2 Å². The third kappa shape index (κ3) is 3.34. The molecular formula is C12H15NO6S. The van der Waals surface area contributed by atoms with Gasteiger partial charge in [0, 0.05) is 7.05 Å². The zero-order chi connectivity index (χ0) is 15.3. The van der Waals surface area contributed by atoms with Gasteiger partial charge >= 0.3 is 11.9 Å². The van der Waals surface area contributed by atoms with Crippen LogP contribution in [0.3, 0.4) is 0 Å². The van der Waals surface area contributed by atoms with Gasteiger partial charge in [-0.1, -0.05) is 12.1 Å². The fraction of sp³-hybridized carbons (Fsp3) is 0.333. The summed E-state index contributed by atoms with van der Waals surface area (Å²) >= 11 is 0. The largest absolute Gasteiger partial charge is 0.468 e. The highest BCUT2D eigenvalue weighted by molar-refractivity contribution is 7.89. The maximum Gasteiger partial charge on any atom is 0.339 e. The molecule has 0 saturated heterocycles. The molecule has 0 aliphatic heterocycles. The Morgan fingerprint density at radius 3 is 2.30 bits per heavy atom. The molecule has 0 aliphatic rings. The van der Waals surface area contributed by atoms with E-state index in [1.807, 2.05) is 0 Å². The summed E-state index contributed by atoms with van der Waals surface area (Å²) in [7, 11) is -0.461. The first-order valence-corrected chi connectivity index (χ1v) is 6.99. The van der Waals surface area contributed by atoms with Crippen molar-refractivity contribution in [3.63, 3.8) is 0 Å². The lowest BCUT2D eigenvalue weighted by Crippen LogP contribution is -2.33. The number of hydrogen-bond donors (Lipinski definition) is 0. The molecule has 0 radical (unpaired) electrons. The van der Waals surface area contributed by atoms with Gasteiger partial charge in [0.1, 0.15) is 6.54 Å². The highest BCUT2D eigenvalue weighted by Gasteiger charge is 2.28. The molecule has 0 unspecified atom stereocenters. The maximum atomic E-state index is 12.3. The summed E-state index contributed by atoms with van der Waals surface area (Å²) in [5.74, 6) is -1.47. The Balaban J connectivity index is 3.22. The van der Waals surface area contributed by atoms with E-state index < -0.39 is 28.5 Å². The van der Waals surface area contributed by atoms with Crippen LogP contribution in [-0.4, -0.2) is 52.5 Å². The number of rotatable bonds is 5. The molecule has 0 spiro atoms. The van der Waals surface area contributed by atoms with Crippen LogP contribution in [0.5, 0.6) is 0 Å². The third-order valence-corrected chi connectivity index (χ3v) is 4.42. The van der Waals surface area contributed by atoms with Gasteiger partial charge < -0.3 is 9.47 Å². The number of methoxy groups -OCH3 is 2. The molecule has 1 aromatic rings. The lowest BCUT2D eigenvalue weighted by Gasteiger charge is -2.17. The maximum absolute atomic E-state index is 12.3. The van der Waals surface area contributed by atoms with Crippen LogP contribution in [0.25, 0.3) is 0 Å². The first-order chi connectivity index (χ1) is 9.34. The monoisotopic (exact) mass is 301 g/mol. The number of sulfonamides is 1. The van der Waals surface area contributed by atoms with Crippen molar-refractivity contribution in [3.05, 3.63) is 29.8 Å². The first kappa shape index (κ1) is 16.1. The molecule has 0 N–H and O–H groups in total. The SMILES string of the molecule is COC(=O)CN(C)S(=O)(=O)c1ccccc1C(=O)OC. The van der Waals surface area contributed by atoms with Crippen molar-refractivity contribution >= 4 is 22.0 Å². The summed E-state index contributed by atoms with van der Waals surface area (Å²) in [6.07, 6.45) is 0. The van der Waals surface area contributed by atoms with Crippen LogP contribution in [0, 0.1) is 0 Å². The quantitative estimate of drug-likeness (QED) is 0.725. The molecule has 7 nitrogen and oxygen atoms in total. The Bertz CT molecular complexity index is 610. The van der Waals surface area contributed by atoms with Gasteiger partial charge in [0.2, 0.25) is 10.0 Å². The number of benzene rings is 1. The van der Waals surface area contributed by atoms with E-state index in [1.165, 1.54) is 31.3 Å². The van der Waals surface area contributed by atoms with E-state index in [-0.39, 0.29) is 10.5 Å². The van der Waals surface area contributed by atoms with E-state index in [9.17, 15) is 18.0 Å². The number of nitrogens with zero attached hydrogens (tertiary/aromatic N) is 1. The Hall–Kier alpha value is -1.93. The van der Waals surface area contributed by atoms with Gasteiger partial charge in [0.05, 0.1) is 24.7 Å². The Morgan fingerprint density at radius 1 is 1.15 bits per heavy atom.